The zero-order chi connectivity index (χ0) is 20.0. The second kappa shape index (κ2) is 8.75. The molecular formula is C19H22F3N3O2. The molecule has 0 saturated heterocycles. The lowest BCUT2D eigenvalue weighted by Crippen LogP contribution is -2.38. The molecule has 0 bridgehead atoms. The van der Waals surface area contributed by atoms with Crippen LogP contribution < -0.4 is 15.8 Å². The van der Waals surface area contributed by atoms with Gasteiger partial charge >= 0.3 is 6.18 Å². The molecule has 0 spiro atoms. The van der Waals surface area contributed by atoms with Crippen LogP contribution in [-0.4, -0.2) is 30.1 Å². The van der Waals surface area contributed by atoms with Gasteiger partial charge in [-0.3, -0.25) is 9.59 Å². The lowest BCUT2D eigenvalue weighted by Gasteiger charge is -2.23. The van der Waals surface area contributed by atoms with Gasteiger partial charge in [-0.15, -0.1) is 0 Å². The van der Waals surface area contributed by atoms with Crippen molar-refractivity contribution < 1.29 is 18.0 Å². The second-order valence-corrected chi connectivity index (χ2v) is 6.12. The monoisotopic (exact) mass is 381 g/mol. The minimum absolute atomic E-state index is 0.314. The van der Waals surface area contributed by atoms with E-state index in [0.717, 1.165) is 28.4 Å². The topological polar surface area (TPSA) is 54.3 Å². The van der Waals surface area contributed by atoms with Crippen molar-refractivity contribution in [2.24, 2.45) is 0 Å². The van der Waals surface area contributed by atoms with E-state index in [1.807, 2.05) is 38.1 Å². The maximum atomic E-state index is 12.8. The highest BCUT2D eigenvalue weighted by atomic mass is 19.4. The number of hydrogen-bond donors (Lipinski definition) is 1. The number of rotatable bonds is 7. The molecule has 2 aromatic rings. The van der Waals surface area contributed by atoms with E-state index in [9.17, 15) is 22.8 Å². The van der Waals surface area contributed by atoms with Gasteiger partial charge < -0.3 is 14.8 Å². The van der Waals surface area contributed by atoms with Crippen molar-refractivity contribution in [3.63, 3.8) is 0 Å². The van der Waals surface area contributed by atoms with E-state index in [1.54, 1.807) is 0 Å². The Morgan fingerprint density at radius 2 is 1.96 bits per heavy atom. The van der Waals surface area contributed by atoms with Crippen LogP contribution in [0.2, 0.25) is 0 Å². The van der Waals surface area contributed by atoms with Crippen LogP contribution in [0.3, 0.4) is 0 Å². The minimum Gasteiger partial charge on any atom is -0.370 e. The predicted octanol–water partition coefficient (Wildman–Crippen LogP) is 2.82. The molecule has 0 aliphatic heterocycles. The van der Waals surface area contributed by atoms with Crippen molar-refractivity contribution in [2.45, 2.75) is 26.6 Å². The largest absolute Gasteiger partial charge is 0.421 e. The molecule has 0 aliphatic rings. The number of amides is 1. The van der Waals surface area contributed by atoms with Crippen LogP contribution in [0.4, 0.5) is 18.9 Å². The number of pyridine rings is 1. The summed E-state index contributed by atoms with van der Waals surface area (Å²) in [4.78, 5) is 25.9. The van der Waals surface area contributed by atoms with E-state index in [0.29, 0.717) is 19.2 Å². The third-order valence-electron chi connectivity index (χ3n) is 4.09. The molecule has 1 aromatic heterocycles. The zero-order valence-corrected chi connectivity index (χ0v) is 15.2. The summed E-state index contributed by atoms with van der Waals surface area (Å²) in [6.45, 7) is 5.13. The summed E-state index contributed by atoms with van der Waals surface area (Å²) in [6.07, 6.45) is -3.58. The highest BCUT2D eigenvalue weighted by Gasteiger charge is 2.34. The molecule has 0 unspecified atom stereocenters. The number of nitrogens with one attached hydrogen (secondary N) is 1. The van der Waals surface area contributed by atoms with Crippen LogP contribution in [-0.2, 0) is 17.5 Å². The Bertz CT molecular complexity index is 847. The highest BCUT2D eigenvalue weighted by Crippen LogP contribution is 2.25. The number of anilines is 1. The second-order valence-electron chi connectivity index (χ2n) is 6.12. The molecular weight excluding hydrogens is 359 g/mol. The molecule has 1 aromatic carbocycles. The van der Waals surface area contributed by atoms with Crippen molar-refractivity contribution >= 4 is 11.6 Å². The summed E-state index contributed by atoms with van der Waals surface area (Å²) in [5, 5.41) is 2.64. The summed E-state index contributed by atoms with van der Waals surface area (Å²) in [5.41, 5.74) is -0.357. The molecule has 1 N–H and O–H groups in total. The van der Waals surface area contributed by atoms with Gasteiger partial charge in [0.1, 0.15) is 12.1 Å². The zero-order valence-electron chi connectivity index (χ0n) is 15.2. The van der Waals surface area contributed by atoms with Crippen LogP contribution in [0.15, 0.2) is 47.4 Å². The van der Waals surface area contributed by atoms with Gasteiger partial charge in [-0.2, -0.15) is 13.2 Å². The molecule has 27 heavy (non-hydrogen) atoms. The fourth-order valence-electron chi connectivity index (χ4n) is 2.71. The van der Waals surface area contributed by atoms with Crippen molar-refractivity contribution in [2.75, 3.05) is 24.5 Å². The van der Waals surface area contributed by atoms with E-state index in [2.05, 4.69) is 10.2 Å². The third-order valence-corrected chi connectivity index (χ3v) is 4.09. The third kappa shape index (κ3) is 5.60. The van der Waals surface area contributed by atoms with Crippen LogP contribution in [0.5, 0.6) is 0 Å². The highest BCUT2D eigenvalue weighted by molar-refractivity contribution is 5.75. The number of halogens is 3. The molecule has 0 radical (unpaired) electrons. The first-order valence-electron chi connectivity index (χ1n) is 8.57. The summed E-state index contributed by atoms with van der Waals surface area (Å²) >= 11 is 0. The molecule has 1 heterocycles. The van der Waals surface area contributed by atoms with Crippen molar-refractivity contribution in [3.05, 3.63) is 64.1 Å². The van der Waals surface area contributed by atoms with Crippen molar-refractivity contribution in [3.8, 4) is 0 Å². The van der Waals surface area contributed by atoms with Gasteiger partial charge in [0, 0.05) is 31.5 Å². The van der Waals surface area contributed by atoms with Crippen molar-refractivity contribution in [1.82, 2.24) is 9.88 Å². The van der Waals surface area contributed by atoms with Gasteiger partial charge in [-0.1, -0.05) is 12.1 Å². The molecule has 0 fully saturated rings. The Labute approximate surface area is 155 Å². The van der Waals surface area contributed by atoms with Gasteiger partial charge in [0.2, 0.25) is 5.91 Å². The Morgan fingerprint density at radius 3 is 2.59 bits per heavy atom. The smallest absolute Gasteiger partial charge is 0.370 e. The summed E-state index contributed by atoms with van der Waals surface area (Å²) in [5.74, 6) is -0.517. The summed E-state index contributed by atoms with van der Waals surface area (Å²) < 4.78 is 39.1. The Morgan fingerprint density at radius 1 is 1.22 bits per heavy atom. The number of carbonyl (C=O) groups excluding carboxylic acids is 1. The molecule has 5 nitrogen and oxygen atoms in total. The first kappa shape index (κ1) is 20.5. The maximum absolute atomic E-state index is 12.8. The molecule has 0 aliphatic carbocycles. The van der Waals surface area contributed by atoms with Crippen LogP contribution in [0.25, 0.3) is 0 Å². The average Bonchev–Trinajstić information content (AvgIpc) is 2.59. The quantitative estimate of drug-likeness (QED) is 0.803. The lowest BCUT2D eigenvalue weighted by molar-refractivity contribution is -0.139. The van der Waals surface area contributed by atoms with E-state index < -0.39 is 29.8 Å². The summed E-state index contributed by atoms with van der Waals surface area (Å²) in [6, 6.07) is 9.76. The number of alkyl halides is 3. The lowest BCUT2D eigenvalue weighted by atomic mass is 10.2. The fraction of sp³-hybridized carbons (Fsp3) is 0.368. The first-order valence-corrected chi connectivity index (χ1v) is 8.57. The Balaban J connectivity index is 1.94. The number of hydrogen-bond acceptors (Lipinski definition) is 3. The SMILES string of the molecule is CCN(CCNC(=O)Cn1cccc(C(F)(F)F)c1=O)c1cccc(C)c1. The number of nitrogens with zero attached hydrogens (tertiary/aromatic N) is 2. The van der Waals surface area contributed by atoms with E-state index >= 15 is 0 Å². The normalized spacial score (nSPS) is 11.3. The maximum Gasteiger partial charge on any atom is 0.421 e. The van der Waals surface area contributed by atoms with Crippen molar-refractivity contribution in [1.29, 1.82) is 0 Å². The Hall–Kier alpha value is -2.77. The molecule has 146 valence electrons. The van der Waals surface area contributed by atoms with Gasteiger partial charge in [-0.25, -0.2) is 0 Å². The number of benzene rings is 1. The number of carbonyl (C=O) groups is 1. The van der Waals surface area contributed by atoms with Crippen LogP contribution in [0, 0.1) is 6.92 Å². The molecule has 0 saturated carbocycles. The van der Waals surface area contributed by atoms with Gasteiger partial charge in [0.15, 0.2) is 0 Å². The molecule has 8 heteroatoms. The standard InChI is InChI=1S/C19H22F3N3O2/c1-3-24(15-7-4-6-14(2)12-15)11-9-23-17(26)13-25-10-5-8-16(18(25)27)19(20,21)22/h4-8,10,12H,3,9,11,13H2,1-2H3,(H,23,26). The van der Waals surface area contributed by atoms with Gasteiger partial charge in [0.25, 0.3) is 5.56 Å². The number of aryl methyl sites for hydroxylation is 1. The van der Waals surface area contributed by atoms with E-state index in [4.69, 9.17) is 0 Å². The number of likely N-dealkylation sites (N-methyl/N-ethyl adjacent to an activating group) is 1. The fourth-order valence-corrected chi connectivity index (χ4v) is 2.71. The van der Waals surface area contributed by atoms with Gasteiger partial charge in [-0.05, 0) is 43.7 Å². The van der Waals surface area contributed by atoms with Crippen LogP contribution >= 0.6 is 0 Å². The molecule has 1 amide bonds. The molecule has 0 atom stereocenters. The van der Waals surface area contributed by atoms with E-state index in [-0.39, 0.29) is 0 Å². The van der Waals surface area contributed by atoms with E-state index in [1.165, 1.54) is 6.20 Å². The molecule has 2 rings (SSSR count). The summed E-state index contributed by atoms with van der Waals surface area (Å²) in [7, 11) is 0. The predicted molar refractivity (Wildman–Crippen MR) is 97.8 cm³/mol. The van der Waals surface area contributed by atoms with Gasteiger partial charge in [0.05, 0.1) is 0 Å². The van der Waals surface area contributed by atoms with Crippen LogP contribution in [0.1, 0.15) is 18.1 Å². The average molecular weight is 381 g/mol. The Kier molecular flexibility index (Phi) is 6.65. The first-order chi connectivity index (χ1) is 12.7. The number of aromatic nitrogens is 1. The minimum atomic E-state index is -4.74.